The highest BCUT2D eigenvalue weighted by Crippen LogP contribution is 2.27. The lowest BCUT2D eigenvalue weighted by Crippen LogP contribution is -1.99. The van der Waals surface area contributed by atoms with Crippen molar-refractivity contribution in [2.45, 2.75) is 0 Å². The highest BCUT2D eigenvalue weighted by molar-refractivity contribution is 6.22. The van der Waals surface area contributed by atoms with Crippen LogP contribution in [0.5, 0.6) is 5.75 Å². The molecule has 0 aromatic heterocycles. The van der Waals surface area contributed by atoms with Crippen LogP contribution in [0.2, 0.25) is 0 Å². The Hall–Kier alpha value is -2.64. The average Bonchev–Trinajstić information content (AvgIpc) is 2.20. The second-order valence-corrected chi connectivity index (χ2v) is 2.67. The van der Waals surface area contributed by atoms with Crippen LogP contribution < -0.4 is 5.43 Å². The van der Waals surface area contributed by atoms with Crippen LogP contribution >= 0.6 is 0 Å². The molecule has 0 unspecified atom stereocenters. The number of nitrogens with zero attached hydrogens (tertiary/aromatic N) is 2. The fraction of sp³-hybridized carbons (Fsp3) is 0. The van der Waals surface area contributed by atoms with E-state index in [1.54, 1.807) is 0 Å². The van der Waals surface area contributed by atoms with Crippen LogP contribution in [0, 0.1) is 10.1 Å². The number of aromatic hydroxyl groups is 1. The molecule has 0 aliphatic heterocycles. The van der Waals surface area contributed by atoms with Crippen LogP contribution in [0.15, 0.2) is 23.3 Å². The highest BCUT2D eigenvalue weighted by atomic mass is 16.6. The van der Waals surface area contributed by atoms with Crippen molar-refractivity contribution in [3.05, 3.63) is 28.3 Å². The number of hydrogen-bond donors (Lipinski definition) is 3. The first-order chi connectivity index (χ1) is 7.50. The Labute approximate surface area is 89.0 Å². The Balaban J connectivity index is 2.90. The molecule has 0 aliphatic rings. The number of phenolic OH excluding ortho intramolecular Hbond substituents is 1. The standard InChI is InChI=1S/C8H7N3O5/c12-7-2-1-5(11(15)16)3-6(7)10-9-4-8(13)14/h1-4,10,12H,(H,13,14). The van der Waals surface area contributed by atoms with E-state index in [9.17, 15) is 20.0 Å². The zero-order valence-corrected chi connectivity index (χ0v) is 7.82. The van der Waals surface area contributed by atoms with Gasteiger partial charge in [-0.05, 0) is 6.07 Å². The van der Waals surface area contributed by atoms with Gasteiger partial charge in [0.25, 0.3) is 5.69 Å². The number of nitro benzene ring substituents is 1. The fourth-order valence-corrected chi connectivity index (χ4v) is 0.884. The number of aliphatic carboxylic acids is 1. The molecule has 0 heterocycles. The number of phenols is 1. The van der Waals surface area contributed by atoms with Crippen molar-refractivity contribution in [3.8, 4) is 5.75 Å². The van der Waals surface area contributed by atoms with Crippen LogP contribution in [-0.2, 0) is 4.79 Å². The molecule has 1 rings (SSSR count). The molecule has 0 bridgehead atoms. The number of hydrogen-bond acceptors (Lipinski definition) is 6. The maximum Gasteiger partial charge on any atom is 0.348 e. The topological polar surface area (TPSA) is 125 Å². The van der Waals surface area contributed by atoms with Crippen molar-refractivity contribution in [2.24, 2.45) is 5.10 Å². The summed E-state index contributed by atoms with van der Waals surface area (Å²) in [5.41, 5.74) is 1.88. The monoisotopic (exact) mass is 225 g/mol. The molecule has 0 amide bonds. The van der Waals surface area contributed by atoms with Crippen LogP contribution in [-0.4, -0.2) is 27.3 Å². The summed E-state index contributed by atoms with van der Waals surface area (Å²) in [7, 11) is 0. The van der Waals surface area contributed by atoms with Crippen molar-refractivity contribution in [1.82, 2.24) is 0 Å². The zero-order chi connectivity index (χ0) is 12.1. The number of carboxylic acids is 1. The predicted molar refractivity (Wildman–Crippen MR) is 54.5 cm³/mol. The van der Waals surface area contributed by atoms with Gasteiger partial charge in [0.15, 0.2) is 0 Å². The van der Waals surface area contributed by atoms with E-state index in [-0.39, 0.29) is 17.1 Å². The third kappa shape index (κ3) is 2.94. The molecule has 1 aromatic carbocycles. The van der Waals surface area contributed by atoms with Gasteiger partial charge in [0.05, 0.1) is 4.92 Å². The first-order valence-corrected chi connectivity index (χ1v) is 4.00. The van der Waals surface area contributed by atoms with Gasteiger partial charge >= 0.3 is 5.97 Å². The Morgan fingerprint density at radius 2 is 2.25 bits per heavy atom. The second kappa shape index (κ2) is 4.73. The van der Waals surface area contributed by atoms with Crippen molar-refractivity contribution in [3.63, 3.8) is 0 Å². The number of non-ortho nitro benzene ring substituents is 1. The van der Waals surface area contributed by atoms with E-state index < -0.39 is 10.9 Å². The number of nitrogens with one attached hydrogen (secondary N) is 1. The van der Waals surface area contributed by atoms with Gasteiger partial charge in [0.2, 0.25) is 0 Å². The minimum absolute atomic E-state index is 0.0494. The number of rotatable bonds is 4. The minimum Gasteiger partial charge on any atom is -0.506 e. The summed E-state index contributed by atoms with van der Waals surface area (Å²) in [5.74, 6) is -1.55. The van der Waals surface area contributed by atoms with Gasteiger partial charge in [0.1, 0.15) is 17.7 Å². The van der Waals surface area contributed by atoms with E-state index in [0.717, 1.165) is 18.2 Å². The number of carboxylic acid groups (broad SMARTS) is 1. The molecule has 0 saturated carbocycles. The summed E-state index contributed by atoms with van der Waals surface area (Å²) >= 11 is 0. The van der Waals surface area contributed by atoms with Crippen LogP contribution in [0.25, 0.3) is 0 Å². The predicted octanol–water partition coefficient (Wildman–Crippen LogP) is 0.783. The Morgan fingerprint density at radius 1 is 1.56 bits per heavy atom. The molecule has 0 fully saturated rings. The molecule has 84 valence electrons. The van der Waals surface area contributed by atoms with Crippen molar-refractivity contribution < 1.29 is 19.9 Å². The van der Waals surface area contributed by atoms with Gasteiger partial charge in [-0.2, -0.15) is 5.10 Å². The van der Waals surface area contributed by atoms with Gasteiger partial charge in [-0.25, -0.2) is 4.79 Å². The van der Waals surface area contributed by atoms with Gasteiger partial charge in [-0.15, -0.1) is 0 Å². The summed E-state index contributed by atoms with van der Waals surface area (Å²) in [5, 5.41) is 31.2. The lowest BCUT2D eigenvalue weighted by Gasteiger charge is -2.02. The fourth-order valence-electron chi connectivity index (χ4n) is 0.884. The van der Waals surface area contributed by atoms with E-state index in [4.69, 9.17) is 5.11 Å². The Kier molecular flexibility index (Phi) is 3.38. The quantitative estimate of drug-likeness (QED) is 0.301. The Bertz CT molecular complexity index is 457. The summed E-state index contributed by atoms with van der Waals surface area (Å²) < 4.78 is 0. The van der Waals surface area contributed by atoms with Crippen molar-refractivity contribution in [2.75, 3.05) is 5.43 Å². The molecule has 8 heteroatoms. The van der Waals surface area contributed by atoms with E-state index in [1.807, 2.05) is 0 Å². The van der Waals surface area contributed by atoms with Gasteiger partial charge in [-0.1, -0.05) is 0 Å². The number of anilines is 1. The molecule has 0 radical (unpaired) electrons. The molecule has 0 atom stereocenters. The number of benzene rings is 1. The molecule has 16 heavy (non-hydrogen) atoms. The van der Waals surface area contributed by atoms with Gasteiger partial charge in [0, 0.05) is 12.1 Å². The summed E-state index contributed by atoms with van der Waals surface area (Å²) in [6.45, 7) is 0. The lowest BCUT2D eigenvalue weighted by molar-refractivity contribution is -0.384. The van der Waals surface area contributed by atoms with Gasteiger partial charge in [-0.3, -0.25) is 15.5 Å². The first-order valence-electron chi connectivity index (χ1n) is 4.00. The maximum atomic E-state index is 10.4. The normalized spacial score (nSPS) is 10.2. The Morgan fingerprint density at radius 3 is 2.81 bits per heavy atom. The molecule has 0 spiro atoms. The van der Waals surface area contributed by atoms with E-state index in [2.05, 4.69) is 10.5 Å². The maximum absolute atomic E-state index is 10.4. The van der Waals surface area contributed by atoms with E-state index in [0.29, 0.717) is 6.21 Å². The molecule has 3 N–H and O–H groups in total. The van der Waals surface area contributed by atoms with E-state index in [1.165, 1.54) is 0 Å². The molecule has 0 aliphatic carbocycles. The molecular weight excluding hydrogens is 218 g/mol. The molecule has 1 aromatic rings. The number of nitro groups is 1. The average molecular weight is 225 g/mol. The van der Waals surface area contributed by atoms with E-state index >= 15 is 0 Å². The molecular formula is C8H7N3O5. The zero-order valence-electron chi connectivity index (χ0n) is 7.82. The van der Waals surface area contributed by atoms with Crippen LogP contribution in [0.1, 0.15) is 0 Å². The van der Waals surface area contributed by atoms with Crippen LogP contribution in [0.3, 0.4) is 0 Å². The largest absolute Gasteiger partial charge is 0.506 e. The minimum atomic E-state index is -1.28. The second-order valence-electron chi connectivity index (χ2n) is 2.67. The number of hydrazone groups is 1. The highest BCUT2D eigenvalue weighted by Gasteiger charge is 2.09. The SMILES string of the molecule is O=C(O)C=NNc1cc([N+](=O)[O-])ccc1O. The lowest BCUT2D eigenvalue weighted by atomic mass is 10.2. The first kappa shape index (κ1) is 11.4. The summed E-state index contributed by atoms with van der Waals surface area (Å²) in [6.07, 6.45) is 0.554. The van der Waals surface area contributed by atoms with Gasteiger partial charge < -0.3 is 10.2 Å². The van der Waals surface area contributed by atoms with Crippen molar-refractivity contribution >= 4 is 23.6 Å². The van der Waals surface area contributed by atoms with Crippen LogP contribution in [0.4, 0.5) is 11.4 Å². The molecule has 0 saturated heterocycles. The van der Waals surface area contributed by atoms with Crippen molar-refractivity contribution in [1.29, 1.82) is 0 Å². The molecule has 8 nitrogen and oxygen atoms in total. The number of carbonyl (C=O) groups is 1. The third-order valence-electron chi connectivity index (χ3n) is 1.55. The third-order valence-corrected chi connectivity index (χ3v) is 1.55. The smallest absolute Gasteiger partial charge is 0.348 e. The summed E-state index contributed by atoms with van der Waals surface area (Å²) in [6, 6.07) is 3.26. The summed E-state index contributed by atoms with van der Waals surface area (Å²) in [4.78, 5) is 19.9.